The third-order valence-corrected chi connectivity index (χ3v) is 6.59. The van der Waals surface area contributed by atoms with Crippen molar-refractivity contribution in [2.24, 2.45) is 0 Å². The first kappa shape index (κ1) is 28.5. The van der Waals surface area contributed by atoms with Crippen molar-refractivity contribution in [2.45, 2.75) is 27.1 Å². The van der Waals surface area contributed by atoms with Crippen molar-refractivity contribution in [1.29, 1.82) is 5.26 Å². The van der Waals surface area contributed by atoms with Crippen molar-refractivity contribution in [2.75, 3.05) is 11.9 Å². The molecule has 40 heavy (non-hydrogen) atoms. The minimum atomic E-state index is -0.523. The standard InChI is InChI=1S/C33H29BrN2O4/c1-3-38-31-18-26(30(34)19-32(31)40-22-25-11-9-23(2)10-12-25)17-27(20-35)33(37)36-28-13-15-29(16-14-28)39-21-24-7-5-4-6-8-24/h4-19H,3,21-22H2,1-2H3,(H,36,37)/b27-17+. The van der Waals surface area contributed by atoms with E-state index in [1.54, 1.807) is 36.4 Å². The third kappa shape index (κ3) is 7.98. The van der Waals surface area contributed by atoms with Crippen LogP contribution in [-0.2, 0) is 18.0 Å². The summed E-state index contributed by atoms with van der Waals surface area (Å²) >= 11 is 3.55. The predicted octanol–water partition coefficient (Wildman–Crippen LogP) is 7.86. The molecule has 4 rings (SSSR count). The highest BCUT2D eigenvalue weighted by Gasteiger charge is 2.15. The lowest BCUT2D eigenvalue weighted by Crippen LogP contribution is -2.13. The lowest BCUT2D eigenvalue weighted by Gasteiger charge is -2.14. The summed E-state index contributed by atoms with van der Waals surface area (Å²) in [5, 5.41) is 12.5. The first-order valence-electron chi connectivity index (χ1n) is 12.8. The van der Waals surface area contributed by atoms with Crippen LogP contribution in [0.1, 0.15) is 29.2 Å². The van der Waals surface area contributed by atoms with Crippen LogP contribution < -0.4 is 19.5 Å². The zero-order chi connectivity index (χ0) is 28.3. The van der Waals surface area contributed by atoms with Crippen LogP contribution in [0.5, 0.6) is 17.2 Å². The summed E-state index contributed by atoms with van der Waals surface area (Å²) in [6.45, 7) is 5.18. The van der Waals surface area contributed by atoms with E-state index in [2.05, 4.69) is 21.2 Å². The molecule has 0 radical (unpaired) electrons. The average molecular weight is 598 g/mol. The molecule has 0 aliphatic heterocycles. The molecule has 1 N–H and O–H groups in total. The van der Waals surface area contributed by atoms with Crippen molar-refractivity contribution in [3.05, 3.63) is 123 Å². The Bertz CT molecular complexity index is 1510. The van der Waals surface area contributed by atoms with Crippen LogP contribution in [0.3, 0.4) is 0 Å². The molecular formula is C33H29BrN2O4. The Morgan fingerprint density at radius 1 is 0.875 bits per heavy atom. The van der Waals surface area contributed by atoms with Crippen LogP contribution in [-0.4, -0.2) is 12.5 Å². The number of hydrogen-bond donors (Lipinski definition) is 1. The monoisotopic (exact) mass is 596 g/mol. The maximum Gasteiger partial charge on any atom is 0.266 e. The zero-order valence-corrected chi connectivity index (χ0v) is 23.9. The highest BCUT2D eigenvalue weighted by molar-refractivity contribution is 9.10. The van der Waals surface area contributed by atoms with Gasteiger partial charge < -0.3 is 19.5 Å². The van der Waals surface area contributed by atoms with E-state index in [0.717, 1.165) is 11.1 Å². The van der Waals surface area contributed by atoms with Gasteiger partial charge in [-0.1, -0.05) is 76.1 Å². The van der Waals surface area contributed by atoms with Crippen LogP contribution >= 0.6 is 15.9 Å². The predicted molar refractivity (Wildman–Crippen MR) is 160 cm³/mol. The second-order valence-electron chi connectivity index (χ2n) is 8.95. The number of carbonyl (C=O) groups is 1. The summed E-state index contributed by atoms with van der Waals surface area (Å²) in [5.41, 5.74) is 4.39. The number of ether oxygens (including phenoxy) is 3. The van der Waals surface area contributed by atoms with Crippen LogP contribution in [0.25, 0.3) is 6.08 Å². The SMILES string of the molecule is CCOc1cc(/C=C(\C#N)C(=O)Nc2ccc(OCc3ccccc3)cc2)c(Br)cc1OCc1ccc(C)cc1. The molecule has 1 amide bonds. The van der Waals surface area contributed by atoms with Gasteiger partial charge in [-0.2, -0.15) is 5.26 Å². The molecule has 0 atom stereocenters. The molecule has 0 saturated heterocycles. The van der Waals surface area contributed by atoms with Gasteiger partial charge in [0.25, 0.3) is 5.91 Å². The van der Waals surface area contributed by atoms with E-state index in [1.807, 2.05) is 74.5 Å². The largest absolute Gasteiger partial charge is 0.490 e. The molecule has 6 nitrogen and oxygen atoms in total. The van der Waals surface area contributed by atoms with E-state index in [-0.39, 0.29) is 5.57 Å². The highest BCUT2D eigenvalue weighted by atomic mass is 79.9. The zero-order valence-electron chi connectivity index (χ0n) is 22.3. The van der Waals surface area contributed by atoms with Crippen molar-refractivity contribution >= 4 is 33.6 Å². The van der Waals surface area contributed by atoms with Crippen LogP contribution in [0.4, 0.5) is 5.69 Å². The Labute approximate surface area is 243 Å². The van der Waals surface area contributed by atoms with E-state index in [9.17, 15) is 10.1 Å². The van der Waals surface area contributed by atoms with E-state index < -0.39 is 5.91 Å². The fourth-order valence-electron chi connectivity index (χ4n) is 3.77. The lowest BCUT2D eigenvalue weighted by molar-refractivity contribution is -0.112. The van der Waals surface area contributed by atoms with Gasteiger partial charge in [0.1, 0.15) is 30.6 Å². The second-order valence-corrected chi connectivity index (χ2v) is 9.80. The number of nitriles is 1. The number of carbonyl (C=O) groups excluding carboxylic acids is 1. The molecule has 0 aliphatic carbocycles. The quantitative estimate of drug-likeness (QED) is 0.141. The van der Waals surface area contributed by atoms with Crippen molar-refractivity contribution < 1.29 is 19.0 Å². The molecule has 0 fully saturated rings. The lowest BCUT2D eigenvalue weighted by atomic mass is 10.1. The van der Waals surface area contributed by atoms with E-state index >= 15 is 0 Å². The summed E-state index contributed by atoms with van der Waals surface area (Å²) in [6, 6.07) is 30.5. The molecule has 4 aromatic carbocycles. The van der Waals surface area contributed by atoms with Crippen molar-refractivity contribution in [3.8, 4) is 23.3 Å². The Balaban J connectivity index is 1.44. The van der Waals surface area contributed by atoms with E-state index in [1.165, 1.54) is 11.6 Å². The molecule has 0 heterocycles. The Hall–Kier alpha value is -4.54. The maximum absolute atomic E-state index is 12.9. The molecule has 202 valence electrons. The van der Waals surface area contributed by atoms with Gasteiger partial charge in [0.15, 0.2) is 11.5 Å². The molecular weight excluding hydrogens is 568 g/mol. The van der Waals surface area contributed by atoms with Crippen molar-refractivity contribution in [1.82, 2.24) is 0 Å². The minimum absolute atomic E-state index is 0.0547. The number of anilines is 1. The molecule has 0 saturated carbocycles. The Kier molecular flexibility index (Phi) is 9.98. The minimum Gasteiger partial charge on any atom is -0.490 e. The van der Waals surface area contributed by atoms with Crippen LogP contribution in [0, 0.1) is 18.3 Å². The molecule has 0 aliphatic rings. The number of benzene rings is 4. The van der Waals surface area contributed by atoms with Crippen LogP contribution in [0.15, 0.2) is 101 Å². The fraction of sp³-hybridized carbons (Fsp3) is 0.152. The second kappa shape index (κ2) is 14.0. The number of nitrogens with one attached hydrogen (secondary N) is 1. The van der Waals surface area contributed by atoms with Crippen molar-refractivity contribution in [3.63, 3.8) is 0 Å². The molecule has 0 unspecified atom stereocenters. The summed E-state index contributed by atoms with van der Waals surface area (Å²) in [4.78, 5) is 12.9. The van der Waals surface area contributed by atoms with Gasteiger partial charge in [-0.25, -0.2) is 0 Å². The smallest absolute Gasteiger partial charge is 0.266 e. The van der Waals surface area contributed by atoms with Gasteiger partial charge in [-0.05, 0) is 73.0 Å². The number of hydrogen-bond acceptors (Lipinski definition) is 5. The summed E-state index contributed by atoms with van der Waals surface area (Å²) < 4.78 is 18.3. The summed E-state index contributed by atoms with van der Waals surface area (Å²) in [6.07, 6.45) is 1.52. The van der Waals surface area contributed by atoms with Gasteiger partial charge >= 0.3 is 0 Å². The normalized spacial score (nSPS) is 10.9. The topological polar surface area (TPSA) is 80.6 Å². The molecule has 4 aromatic rings. The van der Waals surface area contributed by atoms with Gasteiger partial charge in [0.2, 0.25) is 0 Å². The molecule has 0 spiro atoms. The molecule has 0 aromatic heterocycles. The van der Waals surface area contributed by atoms with E-state index in [0.29, 0.717) is 52.8 Å². The Morgan fingerprint density at radius 3 is 2.20 bits per heavy atom. The summed E-state index contributed by atoms with van der Waals surface area (Å²) in [5.74, 6) is 1.23. The first-order chi connectivity index (χ1) is 19.4. The highest BCUT2D eigenvalue weighted by Crippen LogP contribution is 2.35. The number of rotatable bonds is 11. The fourth-order valence-corrected chi connectivity index (χ4v) is 4.20. The van der Waals surface area contributed by atoms with Gasteiger partial charge in [0, 0.05) is 10.2 Å². The average Bonchev–Trinajstić information content (AvgIpc) is 2.97. The van der Waals surface area contributed by atoms with Gasteiger partial charge in [-0.15, -0.1) is 0 Å². The Morgan fingerprint density at radius 2 is 1.52 bits per heavy atom. The van der Waals surface area contributed by atoms with Gasteiger partial charge in [-0.3, -0.25) is 4.79 Å². The first-order valence-corrected chi connectivity index (χ1v) is 13.6. The van der Waals surface area contributed by atoms with Crippen LogP contribution in [0.2, 0.25) is 0 Å². The number of halogens is 1. The molecule has 7 heteroatoms. The summed E-state index contributed by atoms with van der Waals surface area (Å²) in [7, 11) is 0. The number of amides is 1. The molecule has 0 bridgehead atoms. The number of aryl methyl sites for hydroxylation is 1. The van der Waals surface area contributed by atoms with E-state index in [4.69, 9.17) is 14.2 Å². The maximum atomic E-state index is 12.9. The number of nitrogens with zero attached hydrogens (tertiary/aromatic N) is 1. The van der Waals surface area contributed by atoms with Gasteiger partial charge in [0.05, 0.1) is 6.61 Å². The third-order valence-electron chi connectivity index (χ3n) is 5.90.